The van der Waals surface area contributed by atoms with Crippen molar-refractivity contribution in [3.05, 3.63) is 40.5 Å². The third-order valence-electron chi connectivity index (χ3n) is 3.11. The number of rotatable bonds is 3. The highest BCUT2D eigenvalue weighted by Gasteiger charge is 2.29. The summed E-state index contributed by atoms with van der Waals surface area (Å²) >= 11 is 3.60. The Kier molecular flexibility index (Phi) is 3.04. The molecule has 0 radical (unpaired) electrons. The van der Waals surface area contributed by atoms with E-state index in [0.717, 1.165) is 27.4 Å². The zero-order valence-corrected chi connectivity index (χ0v) is 11.7. The normalized spacial score (nSPS) is 14.6. The van der Waals surface area contributed by atoms with E-state index in [0.29, 0.717) is 5.92 Å². The lowest BCUT2D eigenvalue weighted by Crippen LogP contribution is -2.02. The van der Waals surface area contributed by atoms with Gasteiger partial charge in [0.1, 0.15) is 5.82 Å². The largest absolute Gasteiger partial charge is 0.372 e. The van der Waals surface area contributed by atoms with Crippen LogP contribution in [0.3, 0.4) is 0 Å². The minimum Gasteiger partial charge on any atom is -0.372 e. The van der Waals surface area contributed by atoms with Crippen LogP contribution >= 0.6 is 15.9 Å². The van der Waals surface area contributed by atoms with Gasteiger partial charge in [-0.15, -0.1) is 0 Å². The Labute approximate surface area is 115 Å². The van der Waals surface area contributed by atoms with Crippen LogP contribution in [0.4, 0.5) is 5.82 Å². The second-order valence-corrected chi connectivity index (χ2v) is 5.28. The van der Waals surface area contributed by atoms with E-state index in [1.165, 1.54) is 12.8 Å². The Morgan fingerprint density at radius 2 is 1.89 bits per heavy atom. The molecule has 0 atom stereocenters. The van der Waals surface area contributed by atoms with Crippen molar-refractivity contribution in [2.75, 3.05) is 12.4 Å². The molecule has 0 spiro atoms. The van der Waals surface area contributed by atoms with Gasteiger partial charge in [-0.25, -0.2) is 9.97 Å². The molecule has 1 aromatic heterocycles. The molecule has 0 unspecified atom stereocenters. The maximum absolute atomic E-state index is 4.72. The maximum atomic E-state index is 4.72. The number of hydrogen-bond acceptors (Lipinski definition) is 3. The van der Waals surface area contributed by atoms with Crippen molar-refractivity contribution in [3.63, 3.8) is 0 Å². The van der Waals surface area contributed by atoms with Crippen LogP contribution in [0.2, 0.25) is 0 Å². The second-order valence-electron chi connectivity index (χ2n) is 4.49. The second kappa shape index (κ2) is 4.69. The monoisotopic (exact) mass is 303 g/mol. The van der Waals surface area contributed by atoms with E-state index in [4.69, 9.17) is 4.98 Å². The molecular weight excluding hydrogens is 290 g/mol. The van der Waals surface area contributed by atoms with Crippen molar-refractivity contribution in [2.45, 2.75) is 18.8 Å². The summed E-state index contributed by atoms with van der Waals surface area (Å²) < 4.78 is 1.01. The van der Waals surface area contributed by atoms with Crippen LogP contribution in [-0.4, -0.2) is 17.0 Å². The van der Waals surface area contributed by atoms with Gasteiger partial charge in [0.2, 0.25) is 0 Å². The first-order valence-corrected chi connectivity index (χ1v) is 6.89. The standard InChI is InChI=1S/C14H14BrN3/c1-16-14-11(15)12(9-7-8-9)17-13(18-14)10-5-3-2-4-6-10/h2-6,9H,7-8H2,1H3,(H,16,17,18). The Bertz CT molecular complexity index is 565. The van der Waals surface area contributed by atoms with Crippen LogP contribution in [0.15, 0.2) is 34.8 Å². The molecule has 1 saturated carbocycles. The first kappa shape index (κ1) is 11.7. The zero-order chi connectivity index (χ0) is 12.5. The molecule has 2 aromatic rings. The first-order valence-electron chi connectivity index (χ1n) is 6.10. The van der Waals surface area contributed by atoms with Crippen molar-refractivity contribution in [1.29, 1.82) is 0 Å². The van der Waals surface area contributed by atoms with Gasteiger partial charge < -0.3 is 5.32 Å². The molecular formula is C14H14BrN3. The smallest absolute Gasteiger partial charge is 0.161 e. The molecule has 0 amide bonds. The number of halogens is 1. The summed E-state index contributed by atoms with van der Waals surface area (Å²) in [6, 6.07) is 10.1. The van der Waals surface area contributed by atoms with E-state index in [2.05, 4.69) is 26.2 Å². The molecule has 18 heavy (non-hydrogen) atoms. The van der Waals surface area contributed by atoms with Gasteiger partial charge in [0, 0.05) is 18.5 Å². The van der Waals surface area contributed by atoms with Crippen molar-refractivity contribution in [2.24, 2.45) is 0 Å². The van der Waals surface area contributed by atoms with Crippen LogP contribution in [0.5, 0.6) is 0 Å². The molecule has 0 saturated heterocycles. The van der Waals surface area contributed by atoms with Crippen LogP contribution in [-0.2, 0) is 0 Å². The Morgan fingerprint density at radius 3 is 2.50 bits per heavy atom. The van der Waals surface area contributed by atoms with Crippen molar-refractivity contribution in [1.82, 2.24) is 9.97 Å². The van der Waals surface area contributed by atoms with Crippen LogP contribution < -0.4 is 5.32 Å². The summed E-state index contributed by atoms with van der Waals surface area (Å²) in [5, 5.41) is 3.13. The molecule has 0 bridgehead atoms. The van der Waals surface area contributed by atoms with E-state index in [9.17, 15) is 0 Å². The lowest BCUT2D eigenvalue weighted by Gasteiger charge is -2.10. The molecule has 1 aliphatic rings. The molecule has 3 rings (SSSR count). The molecule has 3 nitrogen and oxygen atoms in total. The summed E-state index contributed by atoms with van der Waals surface area (Å²) in [5.74, 6) is 2.26. The molecule has 1 aromatic carbocycles. The summed E-state index contributed by atoms with van der Waals surface area (Å²) in [7, 11) is 1.89. The maximum Gasteiger partial charge on any atom is 0.161 e. The van der Waals surface area contributed by atoms with Crippen LogP contribution in [0, 0.1) is 0 Å². The Hall–Kier alpha value is -1.42. The van der Waals surface area contributed by atoms with Gasteiger partial charge in [-0.3, -0.25) is 0 Å². The fourth-order valence-corrected chi connectivity index (χ4v) is 2.67. The van der Waals surface area contributed by atoms with Gasteiger partial charge in [0.05, 0.1) is 10.2 Å². The average molecular weight is 304 g/mol. The average Bonchev–Trinajstić information content (AvgIpc) is 3.24. The van der Waals surface area contributed by atoms with Gasteiger partial charge in [-0.05, 0) is 28.8 Å². The number of nitrogens with zero attached hydrogens (tertiary/aromatic N) is 2. The van der Waals surface area contributed by atoms with E-state index in [-0.39, 0.29) is 0 Å². The highest BCUT2D eigenvalue weighted by molar-refractivity contribution is 9.10. The molecule has 4 heteroatoms. The number of benzene rings is 1. The summed E-state index contributed by atoms with van der Waals surface area (Å²) in [6.07, 6.45) is 2.46. The summed E-state index contributed by atoms with van der Waals surface area (Å²) in [6.45, 7) is 0. The van der Waals surface area contributed by atoms with Gasteiger partial charge >= 0.3 is 0 Å². The molecule has 1 aliphatic carbocycles. The van der Waals surface area contributed by atoms with Gasteiger partial charge in [-0.2, -0.15) is 0 Å². The number of nitrogens with one attached hydrogen (secondary N) is 1. The third kappa shape index (κ3) is 2.12. The van der Waals surface area contributed by atoms with Crippen LogP contribution in [0.1, 0.15) is 24.5 Å². The molecule has 1 N–H and O–H groups in total. The lowest BCUT2D eigenvalue weighted by atomic mass is 10.2. The van der Waals surface area contributed by atoms with E-state index < -0.39 is 0 Å². The third-order valence-corrected chi connectivity index (χ3v) is 3.89. The zero-order valence-electron chi connectivity index (χ0n) is 10.2. The quantitative estimate of drug-likeness (QED) is 0.936. The fraction of sp³-hybridized carbons (Fsp3) is 0.286. The molecule has 92 valence electrons. The number of anilines is 1. The topological polar surface area (TPSA) is 37.8 Å². The predicted octanol–water partition coefficient (Wildman–Crippen LogP) is 3.83. The highest BCUT2D eigenvalue weighted by atomic mass is 79.9. The van der Waals surface area contributed by atoms with Crippen molar-refractivity contribution in [3.8, 4) is 11.4 Å². The van der Waals surface area contributed by atoms with Gasteiger partial charge in [0.25, 0.3) is 0 Å². The SMILES string of the molecule is CNc1nc(-c2ccccc2)nc(C2CC2)c1Br. The molecule has 1 heterocycles. The molecule has 0 aliphatic heterocycles. The minimum absolute atomic E-state index is 0.594. The van der Waals surface area contributed by atoms with E-state index in [1.54, 1.807) is 0 Å². The number of hydrogen-bond donors (Lipinski definition) is 1. The highest BCUT2D eigenvalue weighted by Crippen LogP contribution is 2.44. The first-order chi connectivity index (χ1) is 8.79. The van der Waals surface area contributed by atoms with Crippen LogP contribution in [0.25, 0.3) is 11.4 Å². The molecule has 1 fully saturated rings. The van der Waals surface area contributed by atoms with E-state index >= 15 is 0 Å². The Morgan fingerprint density at radius 1 is 1.17 bits per heavy atom. The van der Waals surface area contributed by atoms with Crippen molar-refractivity contribution >= 4 is 21.7 Å². The minimum atomic E-state index is 0.594. The predicted molar refractivity (Wildman–Crippen MR) is 76.7 cm³/mol. The summed E-state index contributed by atoms with van der Waals surface area (Å²) in [5.41, 5.74) is 2.19. The van der Waals surface area contributed by atoms with E-state index in [1.807, 2.05) is 37.4 Å². The van der Waals surface area contributed by atoms with Gasteiger partial charge in [0.15, 0.2) is 5.82 Å². The Balaban J connectivity index is 2.13. The fourth-order valence-electron chi connectivity index (χ4n) is 1.97. The number of aromatic nitrogens is 2. The summed E-state index contributed by atoms with van der Waals surface area (Å²) in [4.78, 5) is 9.28. The lowest BCUT2D eigenvalue weighted by molar-refractivity contribution is 0.980. The van der Waals surface area contributed by atoms with Gasteiger partial charge in [-0.1, -0.05) is 30.3 Å². The van der Waals surface area contributed by atoms with Crippen molar-refractivity contribution < 1.29 is 0 Å².